The van der Waals surface area contributed by atoms with Gasteiger partial charge in [0.25, 0.3) is 5.91 Å². The lowest BCUT2D eigenvalue weighted by molar-refractivity contribution is -0.124. The van der Waals surface area contributed by atoms with Gasteiger partial charge in [0.2, 0.25) is 12.7 Å². The van der Waals surface area contributed by atoms with Crippen LogP contribution < -0.4 is 14.8 Å². The van der Waals surface area contributed by atoms with E-state index in [9.17, 15) is 9.59 Å². The van der Waals surface area contributed by atoms with E-state index in [1.165, 1.54) is 29.5 Å². The maximum absolute atomic E-state index is 12.7. The molecule has 2 aliphatic heterocycles. The van der Waals surface area contributed by atoms with Crippen molar-refractivity contribution in [2.75, 3.05) is 13.3 Å². The topological polar surface area (TPSA) is 67.9 Å². The number of nitrogens with zero attached hydrogens (tertiary/aromatic N) is 1. The molecule has 0 aromatic heterocycles. The van der Waals surface area contributed by atoms with Gasteiger partial charge in [0, 0.05) is 19.0 Å². The largest absolute Gasteiger partial charge is 0.454 e. The summed E-state index contributed by atoms with van der Waals surface area (Å²) in [5.74, 6) is 1.20. The number of carbonyl (C=O) groups is 2. The van der Waals surface area contributed by atoms with E-state index in [0.717, 1.165) is 18.4 Å². The van der Waals surface area contributed by atoms with Crippen LogP contribution in [0.2, 0.25) is 0 Å². The molecule has 0 spiro atoms. The third kappa shape index (κ3) is 4.11. The van der Waals surface area contributed by atoms with Gasteiger partial charge in [-0.2, -0.15) is 0 Å². The van der Waals surface area contributed by atoms with E-state index in [2.05, 4.69) is 5.32 Å². The molecule has 1 N–H and O–H groups in total. The molecule has 2 fully saturated rings. The maximum Gasteiger partial charge on any atom is 0.266 e. The number of carbonyl (C=O) groups excluding carboxylic acids is 2. The summed E-state index contributed by atoms with van der Waals surface area (Å²) >= 11 is 6.60. The lowest BCUT2D eigenvalue weighted by atomic mass is 10.2. The molecule has 4 rings (SSSR count). The molecule has 1 aromatic rings. The quantitative estimate of drug-likeness (QED) is 0.601. The first-order valence-electron chi connectivity index (χ1n) is 9.04. The van der Waals surface area contributed by atoms with Crippen LogP contribution in [0.3, 0.4) is 0 Å². The van der Waals surface area contributed by atoms with Gasteiger partial charge in [0.05, 0.1) is 4.91 Å². The highest BCUT2D eigenvalue weighted by molar-refractivity contribution is 8.26. The van der Waals surface area contributed by atoms with Crippen LogP contribution in [0.5, 0.6) is 11.5 Å². The fraction of sp³-hybridized carbons (Fsp3) is 0.421. The Balaban J connectivity index is 1.37. The van der Waals surface area contributed by atoms with Crippen LogP contribution in [0.25, 0.3) is 6.08 Å². The molecule has 0 bridgehead atoms. The third-order valence-corrected chi connectivity index (χ3v) is 6.23. The Hall–Kier alpha value is -2.06. The van der Waals surface area contributed by atoms with E-state index in [4.69, 9.17) is 21.7 Å². The highest BCUT2D eigenvalue weighted by atomic mass is 32.2. The molecule has 1 saturated carbocycles. The van der Waals surface area contributed by atoms with Gasteiger partial charge in [-0.25, -0.2) is 0 Å². The van der Waals surface area contributed by atoms with E-state index in [0.29, 0.717) is 27.3 Å². The Morgan fingerprint density at radius 3 is 2.89 bits per heavy atom. The second-order valence-corrected chi connectivity index (χ2v) is 8.42. The SMILES string of the molecule is O=C(CCN1C(=O)C(=Cc2ccc3c(c2)OCO3)SC1=S)NC1CCCC1. The van der Waals surface area contributed by atoms with Gasteiger partial charge in [0.15, 0.2) is 11.5 Å². The normalized spacial score (nSPS) is 20.7. The summed E-state index contributed by atoms with van der Waals surface area (Å²) in [5.41, 5.74) is 0.846. The van der Waals surface area contributed by atoms with Gasteiger partial charge in [-0.3, -0.25) is 14.5 Å². The van der Waals surface area contributed by atoms with Gasteiger partial charge >= 0.3 is 0 Å². The number of amides is 2. The first kappa shape index (κ1) is 18.3. The Kier molecular flexibility index (Phi) is 5.36. The lowest BCUT2D eigenvalue weighted by Gasteiger charge is -2.16. The molecule has 0 unspecified atom stereocenters. The van der Waals surface area contributed by atoms with Crippen molar-refractivity contribution in [3.05, 3.63) is 28.7 Å². The molecule has 8 heteroatoms. The molecule has 0 radical (unpaired) electrons. The third-order valence-electron chi connectivity index (χ3n) is 4.85. The number of thioether (sulfide) groups is 1. The van der Waals surface area contributed by atoms with E-state index in [-0.39, 0.29) is 31.1 Å². The zero-order valence-corrected chi connectivity index (χ0v) is 16.4. The minimum absolute atomic E-state index is 0.0179. The molecule has 6 nitrogen and oxygen atoms in total. The number of hydrogen-bond donors (Lipinski definition) is 1. The summed E-state index contributed by atoms with van der Waals surface area (Å²) < 4.78 is 11.2. The zero-order valence-electron chi connectivity index (χ0n) is 14.7. The number of benzene rings is 1. The van der Waals surface area contributed by atoms with Crippen LogP contribution in [0.15, 0.2) is 23.1 Å². The molecule has 3 aliphatic rings. The number of thiocarbonyl (C=S) groups is 1. The van der Waals surface area contributed by atoms with Crippen molar-refractivity contribution in [3.63, 3.8) is 0 Å². The van der Waals surface area contributed by atoms with Gasteiger partial charge in [0.1, 0.15) is 4.32 Å². The summed E-state index contributed by atoms with van der Waals surface area (Å²) in [6.07, 6.45) is 6.49. The van der Waals surface area contributed by atoms with Gasteiger partial charge in [-0.05, 0) is 36.6 Å². The van der Waals surface area contributed by atoms with Gasteiger partial charge < -0.3 is 14.8 Å². The van der Waals surface area contributed by atoms with Crippen LogP contribution in [0.4, 0.5) is 0 Å². The van der Waals surface area contributed by atoms with E-state index < -0.39 is 0 Å². The number of rotatable bonds is 5. The highest BCUT2D eigenvalue weighted by Gasteiger charge is 2.32. The van der Waals surface area contributed by atoms with Crippen LogP contribution in [-0.4, -0.2) is 40.4 Å². The number of ether oxygens (including phenoxy) is 2. The van der Waals surface area contributed by atoms with Crippen LogP contribution >= 0.6 is 24.0 Å². The zero-order chi connectivity index (χ0) is 18.8. The van der Waals surface area contributed by atoms with Gasteiger partial charge in [-0.1, -0.05) is 42.9 Å². The minimum atomic E-state index is -0.156. The van der Waals surface area contributed by atoms with E-state index >= 15 is 0 Å². The second-order valence-electron chi connectivity index (χ2n) is 6.74. The van der Waals surface area contributed by atoms with Gasteiger partial charge in [-0.15, -0.1) is 0 Å². The summed E-state index contributed by atoms with van der Waals surface area (Å²) in [5, 5.41) is 3.04. The predicted octanol–water partition coefficient (Wildman–Crippen LogP) is 3.07. The molecule has 0 atom stereocenters. The van der Waals surface area contributed by atoms with E-state index in [1.54, 1.807) is 6.08 Å². The fourth-order valence-corrected chi connectivity index (χ4v) is 4.74. The summed E-state index contributed by atoms with van der Waals surface area (Å²) in [6, 6.07) is 5.82. The van der Waals surface area contributed by atoms with Crippen LogP contribution in [0, 0.1) is 0 Å². The maximum atomic E-state index is 12.7. The van der Waals surface area contributed by atoms with Crippen molar-refractivity contribution in [1.82, 2.24) is 10.2 Å². The standard InChI is InChI=1S/C19H20N2O4S2/c22-17(20-13-3-1-2-4-13)7-8-21-18(23)16(27-19(21)26)10-12-5-6-14-15(9-12)25-11-24-14/h5-6,9-10,13H,1-4,7-8,11H2,(H,20,22). The van der Waals surface area contributed by atoms with E-state index in [1.807, 2.05) is 18.2 Å². The Morgan fingerprint density at radius 2 is 2.07 bits per heavy atom. The number of fused-ring (bicyclic) bond motifs is 1. The first-order chi connectivity index (χ1) is 13.1. The van der Waals surface area contributed by atoms with Crippen molar-refractivity contribution in [2.24, 2.45) is 0 Å². The molecule has 27 heavy (non-hydrogen) atoms. The Bertz CT molecular complexity index is 818. The summed E-state index contributed by atoms with van der Waals surface area (Å²) in [4.78, 5) is 26.8. The number of hydrogen-bond acceptors (Lipinski definition) is 6. The van der Waals surface area contributed by atoms with Crippen molar-refractivity contribution in [1.29, 1.82) is 0 Å². The monoisotopic (exact) mass is 404 g/mol. The molecule has 1 aliphatic carbocycles. The smallest absolute Gasteiger partial charge is 0.266 e. The molecular formula is C19H20N2O4S2. The average molecular weight is 405 g/mol. The summed E-state index contributed by atoms with van der Waals surface area (Å²) in [7, 11) is 0. The first-order valence-corrected chi connectivity index (χ1v) is 10.3. The van der Waals surface area contributed by atoms with Crippen molar-refractivity contribution in [2.45, 2.75) is 38.1 Å². The minimum Gasteiger partial charge on any atom is -0.454 e. The van der Waals surface area contributed by atoms with Crippen LogP contribution in [-0.2, 0) is 9.59 Å². The average Bonchev–Trinajstić information content (AvgIpc) is 3.36. The summed E-state index contributed by atoms with van der Waals surface area (Å²) in [6.45, 7) is 0.519. The van der Waals surface area contributed by atoms with Crippen molar-refractivity contribution in [3.8, 4) is 11.5 Å². The second kappa shape index (κ2) is 7.90. The van der Waals surface area contributed by atoms with Crippen LogP contribution in [0.1, 0.15) is 37.7 Å². The van der Waals surface area contributed by atoms with Crippen molar-refractivity contribution >= 4 is 46.2 Å². The lowest BCUT2D eigenvalue weighted by Crippen LogP contribution is -2.37. The molecule has 2 heterocycles. The molecule has 1 aromatic carbocycles. The molecule has 1 saturated heterocycles. The fourth-order valence-electron chi connectivity index (χ4n) is 3.43. The molecule has 2 amide bonds. The highest BCUT2D eigenvalue weighted by Crippen LogP contribution is 2.36. The predicted molar refractivity (Wildman–Crippen MR) is 107 cm³/mol. The molecular weight excluding hydrogens is 384 g/mol. The molecule has 142 valence electrons. The Morgan fingerprint density at radius 1 is 1.30 bits per heavy atom. The Labute approximate surface area is 167 Å². The number of nitrogens with one attached hydrogen (secondary N) is 1. The van der Waals surface area contributed by atoms with Crippen molar-refractivity contribution < 1.29 is 19.1 Å².